The average molecular weight is 497 g/mol. The molecule has 2 aromatic carbocycles. The molecule has 1 amide bonds. The maximum absolute atomic E-state index is 12.9. The molecule has 1 aliphatic heterocycles. The second-order valence-corrected chi connectivity index (χ2v) is 9.88. The van der Waals surface area contributed by atoms with Gasteiger partial charge in [-0.2, -0.15) is 13.2 Å². The molecule has 190 valence electrons. The number of carbonyl (C=O) groups excluding carboxylic acids is 1. The van der Waals surface area contributed by atoms with Crippen LogP contribution in [0.5, 0.6) is 5.75 Å². The highest BCUT2D eigenvalue weighted by Crippen LogP contribution is 2.50. The van der Waals surface area contributed by atoms with Gasteiger partial charge < -0.3 is 10.0 Å². The minimum absolute atomic E-state index is 0.0241. The fourth-order valence-electron chi connectivity index (χ4n) is 5.81. The fraction of sp³-hybridized carbons (Fsp3) is 0.414. The number of phenols is 1. The molecule has 1 saturated heterocycles. The van der Waals surface area contributed by atoms with Gasteiger partial charge in [-0.1, -0.05) is 24.1 Å². The van der Waals surface area contributed by atoms with Crippen LogP contribution in [0.15, 0.2) is 61.2 Å². The van der Waals surface area contributed by atoms with Crippen LogP contribution in [0.25, 0.3) is 0 Å². The Balaban J connectivity index is 1.53. The number of benzene rings is 2. The quantitative estimate of drug-likeness (QED) is 0.466. The summed E-state index contributed by atoms with van der Waals surface area (Å²) >= 11 is 0. The minimum atomic E-state index is -4.41. The molecular formula is C29H31F3N2O2. The number of phenolic OH excluding ortho intramolecular Hbond substituents is 1. The fourth-order valence-corrected chi connectivity index (χ4v) is 5.81. The Kier molecular flexibility index (Phi) is 7.46. The molecule has 0 aromatic heterocycles. The Morgan fingerprint density at radius 3 is 2.67 bits per heavy atom. The lowest BCUT2D eigenvalue weighted by molar-refractivity contribution is -0.137. The van der Waals surface area contributed by atoms with Gasteiger partial charge in [-0.05, 0) is 80.1 Å². The molecule has 3 atom stereocenters. The van der Waals surface area contributed by atoms with Gasteiger partial charge in [0.1, 0.15) is 5.75 Å². The normalized spacial score (nSPS) is 24.2. The maximum Gasteiger partial charge on any atom is 0.416 e. The zero-order chi connectivity index (χ0) is 25.9. The van der Waals surface area contributed by atoms with Crippen LogP contribution in [0.1, 0.15) is 42.4 Å². The predicted octanol–water partition coefficient (Wildman–Crippen LogP) is 5.22. The van der Waals surface area contributed by atoms with Gasteiger partial charge in [-0.15, -0.1) is 6.58 Å². The number of alkyl halides is 3. The van der Waals surface area contributed by atoms with Gasteiger partial charge in [0.2, 0.25) is 0 Å². The number of amides is 1. The summed E-state index contributed by atoms with van der Waals surface area (Å²) < 4.78 is 38.3. The summed E-state index contributed by atoms with van der Waals surface area (Å²) in [6.45, 7) is 6.57. The maximum atomic E-state index is 12.9. The summed E-state index contributed by atoms with van der Waals surface area (Å²) in [7, 11) is 1.75. The van der Waals surface area contributed by atoms with Crippen LogP contribution in [-0.4, -0.2) is 53.5 Å². The van der Waals surface area contributed by atoms with E-state index in [0.29, 0.717) is 11.5 Å². The Hall–Kier alpha value is -3.24. The number of likely N-dealkylation sites (tertiary alicyclic amines) is 1. The van der Waals surface area contributed by atoms with E-state index < -0.39 is 11.7 Å². The van der Waals surface area contributed by atoms with Gasteiger partial charge >= 0.3 is 6.18 Å². The topological polar surface area (TPSA) is 43.8 Å². The molecule has 2 aliphatic rings. The lowest BCUT2D eigenvalue weighted by Crippen LogP contribution is -2.56. The van der Waals surface area contributed by atoms with E-state index in [0.717, 1.165) is 63.0 Å². The van der Waals surface area contributed by atoms with Crippen LogP contribution in [0, 0.1) is 17.8 Å². The SMILES string of the molecule is C=CCN1CC[C@@]2(c3cccc(O)c3)C[C@@H](N(C)C(=O)C#Cc3ccc(C(F)(F)F)cc3)CC[C@@H]2C1. The Morgan fingerprint density at radius 2 is 2.00 bits per heavy atom. The van der Waals surface area contributed by atoms with E-state index in [-0.39, 0.29) is 23.1 Å². The number of hydrogen-bond acceptors (Lipinski definition) is 3. The van der Waals surface area contributed by atoms with Crippen molar-refractivity contribution in [2.24, 2.45) is 5.92 Å². The van der Waals surface area contributed by atoms with Crippen molar-refractivity contribution < 1.29 is 23.1 Å². The van der Waals surface area contributed by atoms with Crippen molar-refractivity contribution in [2.45, 2.75) is 43.3 Å². The smallest absolute Gasteiger partial charge is 0.416 e. The first kappa shape index (κ1) is 25.8. The first-order valence-electron chi connectivity index (χ1n) is 12.2. The number of piperidine rings is 1. The largest absolute Gasteiger partial charge is 0.508 e. The van der Waals surface area contributed by atoms with Gasteiger partial charge in [0.25, 0.3) is 5.91 Å². The van der Waals surface area contributed by atoms with Crippen LogP contribution in [-0.2, 0) is 16.4 Å². The van der Waals surface area contributed by atoms with Crippen molar-refractivity contribution in [1.82, 2.24) is 9.80 Å². The number of hydrogen-bond donors (Lipinski definition) is 1. The summed E-state index contributed by atoms with van der Waals surface area (Å²) in [6, 6.07) is 12.0. The summed E-state index contributed by atoms with van der Waals surface area (Å²) in [4.78, 5) is 17.0. The van der Waals surface area contributed by atoms with Crippen molar-refractivity contribution in [3.63, 3.8) is 0 Å². The van der Waals surface area contributed by atoms with Crippen molar-refractivity contribution in [3.8, 4) is 17.6 Å². The molecule has 4 nitrogen and oxygen atoms in total. The second kappa shape index (κ2) is 10.4. The van der Waals surface area contributed by atoms with E-state index >= 15 is 0 Å². The summed E-state index contributed by atoms with van der Waals surface area (Å²) in [5, 5.41) is 10.2. The molecule has 7 heteroatoms. The van der Waals surface area contributed by atoms with Crippen molar-refractivity contribution in [1.29, 1.82) is 0 Å². The van der Waals surface area contributed by atoms with Crippen LogP contribution in [0.3, 0.4) is 0 Å². The Morgan fingerprint density at radius 1 is 1.25 bits per heavy atom. The molecule has 2 fully saturated rings. The van der Waals surface area contributed by atoms with Crippen LogP contribution < -0.4 is 0 Å². The predicted molar refractivity (Wildman–Crippen MR) is 133 cm³/mol. The van der Waals surface area contributed by atoms with Crippen molar-refractivity contribution in [3.05, 3.63) is 77.9 Å². The third kappa shape index (κ3) is 5.44. The van der Waals surface area contributed by atoms with Crippen LogP contribution >= 0.6 is 0 Å². The lowest BCUT2D eigenvalue weighted by Gasteiger charge is -2.54. The zero-order valence-corrected chi connectivity index (χ0v) is 20.4. The number of halogens is 3. The Labute approximate surface area is 210 Å². The number of carbonyl (C=O) groups is 1. The summed E-state index contributed by atoms with van der Waals surface area (Å²) in [5.41, 5.74) is 0.561. The number of nitrogens with zero attached hydrogens (tertiary/aromatic N) is 2. The van der Waals surface area contributed by atoms with Crippen LogP contribution in [0.4, 0.5) is 13.2 Å². The molecule has 1 saturated carbocycles. The van der Waals surface area contributed by atoms with E-state index in [4.69, 9.17) is 0 Å². The minimum Gasteiger partial charge on any atom is -0.508 e. The molecular weight excluding hydrogens is 465 g/mol. The van der Waals surface area contributed by atoms with Crippen molar-refractivity contribution in [2.75, 3.05) is 26.7 Å². The molecule has 0 unspecified atom stereocenters. The third-order valence-corrected chi connectivity index (χ3v) is 7.78. The summed E-state index contributed by atoms with van der Waals surface area (Å²) in [6.07, 6.45) is 0.996. The highest BCUT2D eigenvalue weighted by Gasteiger charge is 2.49. The molecule has 1 heterocycles. The van der Waals surface area contributed by atoms with E-state index in [1.807, 2.05) is 18.2 Å². The number of fused-ring (bicyclic) bond motifs is 1. The molecule has 1 N–H and O–H groups in total. The molecule has 36 heavy (non-hydrogen) atoms. The van der Waals surface area contributed by atoms with Gasteiger partial charge in [-0.3, -0.25) is 9.69 Å². The van der Waals surface area contributed by atoms with Crippen LogP contribution in [0.2, 0.25) is 0 Å². The monoisotopic (exact) mass is 496 g/mol. The zero-order valence-electron chi connectivity index (χ0n) is 20.4. The molecule has 4 rings (SSSR count). The van der Waals surface area contributed by atoms with E-state index in [1.54, 1.807) is 18.0 Å². The lowest BCUT2D eigenvalue weighted by atomic mass is 9.58. The molecule has 2 aromatic rings. The van der Waals surface area contributed by atoms with Gasteiger partial charge in [0.05, 0.1) is 5.56 Å². The second-order valence-electron chi connectivity index (χ2n) is 9.88. The van der Waals surface area contributed by atoms with E-state index in [9.17, 15) is 23.1 Å². The highest BCUT2D eigenvalue weighted by atomic mass is 19.4. The van der Waals surface area contributed by atoms with E-state index in [2.05, 4.69) is 29.4 Å². The Bertz CT molecular complexity index is 1170. The van der Waals surface area contributed by atoms with Crippen molar-refractivity contribution >= 4 is 5.91 Å². The van der Waals surface area contributed by atoms with Gasteiger partial charge in [0, 0.05) is 43.1 Å². The first-order valence-corrected chi connectivity index (χ1v) is 12.2. The standard InChI is InChI=1S/C29H31F3N2O2/c1-3-16-34-17-15-28(23-5-4-6-26(35)18-23)19-25(13-12-24(28)20-34)33(2)27(36)14-9-21-7-10-22(11-8-21)29(30,31)32/h3-8,10-11,18,24-25,35H,1,12-13,15-17,19-20H2,2H3/t24-,25+,28+/m1/s1. The average Bonchev–Trinajstić information content (AvgIpc) is 2.86. The third-order valence-electron chi connectivity index (χ3n) is 7.78. The summed E-state index contributed by atoms with van der Waals surface area (Å²) in [5.74, 6) is 5.60. The molecule has 0 bridgehead atoms. The first-order chi connectivity index (χ1) is 17.1. The van der Waals surface area contributed by atoms with E-state index in [1.165, 1.54) is 12.1 Å². The van der Waals surface area contributed by atoms with Gasteiger partial charge in [-0.25, -0.2) is 0 Å². The van der Waals surface area contributed by atoms with Gasteiger partial charge in [0.15, 0.2) is 0 Å². The molecule has 0 radical (unpaired) electrons. The number of aromatic hydroxyl groups is 1. The highest BCUT2D eigenvalue weighted by molar-refractivity contribution is 5.94. The molecule has 1 aliphatic carbocycles. The molecule has 0 spiro atoms. The number of rotatable bonds is 4.